The molecule has 1 aliphatic heterocycles. The van der Waals surface area contributed by atoms with Gasteiger partial charge in [-0.3, -0.25) is 4.90 Å². The molecule has 0 aromatic heterocycles. The molecule has 1 saturated heterocycles. The van der Waals surface area contributed by atoms with Crippen LogP contribution in [0.4, 0.5) is 0 Å². The zero-order chi connectivity index (χ0) is 19.6. The van der Waals surface area contributed by atoms with Gasteiger partial charge in [-0.1, -0.05) is 32.9 Å². The Hall–Kier alpha value is -0.860. The molecule has 1 aliphatic carbocycles. The summed E-state index contributed by atoms with van der Waals surface area (Å²) in [5.74, 6) is 0.731. The first-order chi connectivity index (χ1) is 12.9. The first kappa shape index (κ1) is 23.4. The molecule has 160 valence electrons. The van der Waals surface area contributed by atoms with E-state index in [9.17, 15) is 13.5 Å². The van der Waals surface area contributed by atoms with E-state index in [1.165, 1.54) is 9.87 Å². The van der Waals surface area contributed by atoms with E-state index in [0.717, 1.165) is 44.3 Å². The molecular formula is C20H34ClN3O3S. The zero-order valence-corrected chi connectivity index (χ0v) is 18.7. The van der Waals surface area contributed by atoms with Crippen molar-refractivity contribution in [3.63, 3.8) is 0 Å². The van der Waals surface area contributed by atoms with E-state index in [-0.39, 0.29) is 18.4 Å². The van der Waals surface area contributed by atoms with Gasteiger partial charge in [-0.2, -0.15) is 17.4 Å². The Morgan fingerprint density at radius 3 is 2.57 bits per heavy atom. The second kappa shape index (κ2) is 9.76. The zero-order valence-electron chi connectivity index (χ0n) is 17.1. The van der Waals surface area contributed by atoms with Gasteiger partial charge in [0.1, 0.15) is 5.75 Å². The van der Waals surface area contributed by atoms with Crippen molar-refractivity contribution in [2.45, 2.75) is 58.5 Å². The monoisotopic (exact) mass is 431 g/mol. The molecule has 6 nitrogen and oxygen atoms in total. The van der Waals surface area contributed by atoms with Gasteiger partial charge >= 0.3 is 0 Å². The molecule has 8 heteroatoms. The van der Waals surface area contributed by atoms with Crippen molar-refractivity contribution in [1.82, 2.24) is 13.9 Å². The van der Waals surface area contributed by atoms with E-state index in [2.05, 4.69) is 22.6 Å². The van der Waals surface area contributed by atoms with Gasteiger partial charge < -0.3 is 5.11 Å². The predicted octanol–water partition coefficient (Wildman–Crippen LogP) is 2.56. The van der Waals surface area contributed by atoms with E-state index in [1.807, 2.05) is 19.9 Å². The van der Waals surface area contributed by atoms with Crippen LogP contribution in [-0.4, -0.2) is 61.0 Å². The van der Waals surface area contributed by atoms with Crippen molar-refractivity contribution in [2.24, 2.45) is 5.92 Å². The van der Waals surface area contributed by atoms with Crippen molar-refractivity contribution < 1.29 is 13.5 Å². The summed E-state index contributed by atoms with van der Waals surface area (Å²) in [5, 5.41) is 10.3. The van der Waals surface area contributed by atoms with E-state index >= 15 is 0 Å². The van der Waals surface area contributed by atoms with Gasteiger partial charge in [-0.25, -0.2) is 0 Å². The number of phenolic OH excluding ortho intramolecular Hbond substituents is 1. The Balaban J connectivity index is 0.00000280. The molecule has 0 bridgehead atoms. The van der Waals surface area contributed by atoms with Crippen molar-refractivity contribution in [3.8, 4) is 5.75 Å². The van der Waals surface area contributed by atoms with Gasteiger partial charge in [0.2, 0.25) is 0 Å². The highest BCUT2D eigenvalue weighted by Crippen LogP contribution is 2.38. The summed E-state index contributed by atoms with van der Waals surface area (Å²) in [7, 11) is -3.46. The Labute approximate surface area is 175 Å². The van der Waals surface area contributed by atoms with Gasteiger partial charge in [-0.05, 0) is 55.3 Å². The highest BCUT2D eigenvalue weighted by molar-refractivity contribution is 7.87. The Bertz CT molecular complexity index is 755. The molecule has 1 heterocycles. The van der Waals surface area contributed by atoms with Crippen molar-refractivity contribution in [1.29, 1.82) is 0 Å². The molecule has 28 heavy (non-hydrogen) atoms. The molecular weight excluding hydrogens is 398 g/mol. The van der Waals surface area contributed by atoms with Gasteiger partial charge in [0.05, 0.1) is 0 Å². The first-order valence-corrected chi connectivity index (χ1v) is 11.6. The molecule has 1 fully saturated rings. The number of nitrogens with zero attached hydrogens (tertiary/aromatic N) is 2. The minimum Gasteiger partial charge on any atom is -0.508 e. The molecule has 2 N–H and O–H groups in total. The fourth-order valence-electron chi connectivity index (χ4n) is 4.84. The third-order valence-corrected chi connectivity index (χ3v) is 7.90. The lowest BCUT2D eigenvalue weighted by atomic mass is 9.74. The number of aromatic hydroxyl groups is 1. The summed E-state index contributed by atoms with van der Waals surface area (Å²) in [6.45, 7) is 8.58. The maximum Gasteiger partial charge on any atom is 0.279 e. The number of hydrogen-bond donors (Lipinski definition) is 2. The fourth-order valence-corrected chi connectivity index (χ4v) is 6.26. The van der Waals surface area contributed by atoms with Crippen LogP contribution >= 0.6 is 12.4 Å². The van der Waals surface area contributed by atoms with Crippen molar-refractivity contribution in [2.75, 3.05) is 26.2 Å². The molecule has 0 saturated carbocycles. The number of halogens is 1. The Morgan fingerprint density at radius 1 is 1.21 bits per heavy atom. The molecule has 2 aliphatic rings. The summed E-state index contributed by atoms with van der Waals surface area (Å²) < 4.78 is 29.8. The molecule has 0 spiro atoms. The van der Waals surface area contributed by atoms with E-state index in [0.29, 0.717) is 30.8 Å². The second-order valence-corrected chi connectivity index (χ2v) is 9.49. The topological polar surface area (TPSA) is 72.9 Å². The Morgan fingerprint density at radius 2 is 1.93 bits per heavy atom. The van der Waals surface area contributed by atoms with Crippen LogP contribution < -0.4 is 4.72 Å². The van der Waals surface area contributed by atoms with Gasteiger partial charge in [0.15, 0.2) is 0 Å². The number of hydrogen-bond acceptors (Lipinski definition) is 4. The molecule has 1 aromatic carbocycles. The van der Waals surface area contributed by atoms with Crippen LogP contribution in [0.1, 0.15) is 44.7 Å². The summed E-state index contributed by atoms with van der Waals surface area (Å²) in [6, 6.07) is 6.13. The van der Waals surface area contributed by atoms with Crippen molar-refractivity contribution >= 4 is 22.6 Å². The minimum absolute atomic E-state index is 0. The number of rotatable bonds is 7. The van der Waals surface area contributed by atoms with Crippen molar-refractivity contribution in [3.05, 3.63) is 29.3 Å². The van der Waals surface area contributed by atoms with Crippen LogP contribution in [0.2, 0.25) is 0 Å². The third kappa shape index (κ3) is 4.82. The summed E-state index contributed by atoms with van der Waals surface area (Å²) in [4.78, 5) is 2.45. The summed E-state index contributed by atoms with van der Waals surface area (Å²) in [6.07, 6.45) is 3.62. The number of benzene rings is 1. The number of piperidine rings is 1. The van der Waals surface area contributed by atoms with E-state index in [4.69, 9.17) is 0 Å². The lowest BCUT2D eigenvalue weighted by Gasteiger charge is -2.47. The fraction of sp³-hybridized carbons (Fsp3) is 0.700. The van der Waals surface area contributed by atoms with Gasteiger partial charge in [0.25, 0.3) is 10.2 Å². The SMILES string of the molecule is CCCN1C[C@H](NS(=O)(=O)N(CC)CC)C[C@H]2Cc3c(O)cccc3C[C@@H]21.Cl. The quantitative estimate of drug-likeness (QED) is 0.695. The van der Waals surface area contributed by atoms with Crippen LogP contribution in [0, 0.1) is 5.92 Å². The van der Waals surface area contributed by atoms with Gasteiger partial charge in [-0.15, -0.1) is 12.4 Å². The minimum atomic E-state index is -3.46. The smallest absolute Gasteiger partial charge is 0.279 e. The van der Waals surface area contributed by atoms with Crippen LogP contribution in [0.25, 0.3) is 0 Å². The summed E-state index contributed by atoms with van der Waals surface area (Å²) in [5.41, 5.74) is 2.28. The van der Waals surface area contributed by atoms with E-state index in [1.54, 1.807) is 6.07 Å². The number of nitrogens with one attached hydrogen (secondary N) is 1. The van der Waals surface area contributed by atoms with Gasteiger partial charge in [0, 0.05) is 31.7 Å². The molecule has 0 unspecified atom stereocenters. The molecule has 1 aromatic rings. The lowest BCUT2D eigenvalue weighted by molar-refractivity contribution is 0.0679. The maximum absolute atomic E-state index is 12.7. The number of fused-ring (bicyclic) bond motifs is 2. The molecule has 0 amide bonds. The lowest BCUT2D eigenvalue weighted by Crippen LogP contribution is -2.59. The highest BCUT2D eigenvalue weighted by Gasteiger charge is 2.40. The van der Waals surface area contributed by atoms with Crippen LogP contribution in [0.3, 0.4) is 0 Å². The maximum atomic E-state index is 12.7. The first-order valence-electron chi connectivity index (χ1n) is 10.2. The predicted molar refractivity (Wildman–Crippen MR) is 115 cm³/mol. The molecule has 0 radical (unpaired) electrons. The van der Waals surface area contributed by atoms with Crippen LogP contribution in [0.5, 0.6) is 5.75 Å². The number of likely N-dealkylation sites (tertiary alicyclic amines) is 1. The Kier molecular flexibility index (Phi) is 8.16. The van der Waals surface area contributed by atoms with Crippen LogP contribution in [-0.2, 0) is 23.1 Å². The van der Waals surface area contributed by atoms with Crippen LogP contribution in [0.15, 0.2) is 18.2 Å². The van der Waals surface area contributed by atoms with E-state index < -0.39 is 10.2 Å². The number of phenols is 1. The second-order valence-electron chi connectivity index (χ2n) is 7.79. The highest BCUT2D eigenvalue weighted by atomic mass is 35.5. The standard InChI is InChI=1S/C20H33N3O3S.ClH/c1-4-10-22-14-17(21-27(25,26)23(5-2)6-3)11-16-12-18-15(13-19(16)22)8-7-9-20(18)24;/h7-9,16-17,19,21,24H,4-6,10-14H2,1-3H3;1H/t16-,17+,19-;/m0./s1. The summed E-state index contributed by atoms with van der Waals surface area (Å²) >= 11 is 0. The average Bonchev–Trinajstić information content (AvgIpc) is 2.62. The molecule has 3 atom stereocenters. The largest absolute Gasteiger partial charge is 0.508 e. The normalized spacial score (nSPS) is 25.1. The molecule has 3 rings (SSSR count). The third-order valence-electron chi connectivity index (χ3n) is 6.07. The average molecular weight is 432 g/mol.